The number of pyridine rings is 1. The van der Waals surface area contributed by atoms with E-state index in [1.54, 1.807) is 12.3 Å². The van der Waals surface area contributed by atoms with E-state index in [1.165, 1.54) is 0 Å². The molecular formula is C12H10ClN3. The molecule has 2 heterocycles. The normalized spacial score (nSPS) is 11.4. The number of nitrogens with two attached hydrogens (primary N) is 1. The summed E-state index contributed by atoms with van der Waals surface area (Å²) >= 11 is 6.01. The van der Waals surface area contributed by atoms with Gasteiger partial charge in [0.15, 0.2) is 0 Å². The van der Waals surface area contributed by atoms with Gasteiger partial charge >= 0.3 is 0 Å². The molecule has 4 heteroatoms. The zero-order chi connectivity index (χ0) is 11.3. The van der Waals surface area contributed by atoms with Crippen LogP contribution < -0.4 is 5.73 Å². The Hall–Kier alpha value is -1.74. The Labute approximate surface area is 97.2 Å². The van der Waals surface area contributed by atoms with E-state index in [0.29, 0.717) is 10.7 Å². The molecule has 0 aliphatic rings. The quantitative estimate of drug-likeness (QED) is 0.584. The number of aromatic amines is 1. The Morgan fingerprint density at radius 1 is 1.25 bits per heavy atom. The number of aromatic nitrogens is 2. The van der Waals surface area contributed by atoms with Crippen LogP contribution in [0.3, 0.4) is 0 Å². The third kappa shape index (κ3) is 1.18. The number of H-pyrrole nitrogens is 1. The highest BCUT2D eigenvalue weighted by Crippen LogP contribution is 2.32. The van der Waals surface area contributed by atoms with Crippen LogP contribution in [0.25, 0.3) is 21.8 Å². The molecule has 0 saturated heterocycles. The van der Waals surface area contributed by atoms with E-state index < -0.39 is 0 Å². The molecule has 3 rings (SSSR count). The number of halogens is 1. The summed E-state index contributed by atoms with van der Waals surface area (Å²) in [5, 5.41) is 2.81. The van der Waals surface area contributed by atoms with Crippen LogP contribution in [-0.4, -0.2) is 9.97 Å². The third-order valence-electron chi connectivity index (χ3n) is 2.81. The lowest BCUT2D eigenvalue weighted by Gasteiger charge is -1.97. The SMILES string of the molecule is Cc1nccc2c1[nH]c1c(N)cc(Cl)cc12. The summed E-state index contributed by atoms with van der Waals surface area (Å²) in [6.07, 6.45) is 1.79. The largest absolute Gasteiger partial charge is 0.397 e. The Bertz CT molecular complexity index is 700. The number of nitrogens with one attached hydrogen (secondary N) is 1. The molecule has 0 aliphatic carbocycles. The van der Waals surface area contributed by atoms with Crippen molar-refractivity contribution in [2.75, 3.05) is 5.73 Å². The highest BCUT2D eigenvalue weighted by Gasteiger charge is 2.09. The molecule has 0 radical (unpaired) electrons. The number of hydrogen-bond acceptors (Lipinski definition) is 2. The van der Waals surface area contributed by atoms with Gasteiger partial charge in [-0.2, -0.15) is 0 Å². The summed E-state index contributed by atoms with van der Waals surface area (Å²) in [7, 11) is 0. The molecule has 0 fully saturated rings. The highest BCUT2D eigenvalue weighted by atomic mass is 35.5. The second-order valence-electron chi connectivity index (χ2n) is 3.86. The van der Waals surface area contributed by atoms with Gasteiger partial charge in [-0.1, -0.05) is 11.6 Å². The maximum atomic E-state index is 6.01. The van der Waals surface area contributed by atoms with Gasteiger partial charge < -0.3 is 10.7 Å². The van der Waals surface area contributed by atoms with Gasteiger partial charge in [-0.15, -0.1) is 0 Å². The van der Waals surface area contributed by atoms with Gasteiger partial charge in [-0.05, 0) is 25.1 Å². The third-order valence-corrected chi connectivity index (χ3v) is 3.03. The molecule has 1 aromatic carbocycles. The van der Waals surface area contributed by atoms with E-state index in [0.717, 1.165) is 27.5 Å². The van der Waals surface area contributed by atoms with Crippen molar-refractivity contribution in [2.45, 2.75) is 6.92 Å². The smallest absolute Gasteiger partial charge is 0.0700 e. The van der Waals surface area contributed by atoms with Crippen LogP contribution >= 0.6 is 11.6 Å². The molecule has 0 aliphatic heterocycles. The van der Waals surface area contributed by atoms with Crippen molar-refractivity contribution in [1.82, 2.24) is 9.97 Å². The number of anilines is 1. The molecule has 16 heavy (non-hydrogen) atoms. The maximum Gasteiger partial charge on any atom is 0.0700 e. The van der Waals surface area contributed by atoms with Crippen molar-refractivity contribution in [3.63, 3.8) is 0 Å². The van der Waals surface area contributed by atoms with Crippen molar-refractivity contribution in [3.05, 3.63) is 35.1 Å². The van der Waals surface area contributed by atoms with Crippen molar-refractivity contribution in [3.8, 4) is 0 Å². The van der Waals surface area contributed by atoms with Crippen LogP contribution in [0.2, 0.25) is 5.02 Å². The van der Waals surface area contributed by atoms with Crippen LogP contribution in [-0.2, 0) is 0 Å². The number of hydrogen-bond donors (Lipinski definition) is 2. The molecule has 0 unspecified atom stereocenters. The molecule has 3 aromatic rings. The van der Waals surface area contributed by atoms with E-state index in [2.05, 4.69) is 9.97 Å². The second-order valence-corrected chi connectivity index (χ2v) is 4.30. The van der Waals surface area contributed by atoms with E-state index in [-0.39, 0.29) is 0 Å². The number of aryl methyl sites for hydroxylation is 1. The van der Waals surface area contributed by atoms with Crippen molar-refractivity contribution in [2.24, 2.45) is 0 Å². The summed E-state index contributed by atoms with van der Waals surface area (Å²) in [5.41, 5.74) is 9.51. The summed E-state index contributed by atoms with van der Waals surface area (Å²) in [6, 6.07) is 5.64. The number of nitrogen functional groups attached to an aromatic ring is 1. The Morgan fingerprint density at radius 3 is 2.88 bits per heavy atom. The predicted molar refractivity (Wildman–Crippen MR) is 67.8 cm³/mol. The lowest BCUT2D eigenvalue weighted by atomic mass is 10.1. The molecule has 0 saturated carbocycles. The van der Waals surface area contributed by atoms with E-state index >= 15 is 0 Å². The molecule has 3 N–H and O–H groups in total. The van der Waals surface area contributed by atoms with Crippen molar-refractivity contribution < 1.29 is 0 Å². The summed E-state index contributed by atoms with van der Waals surface area (Å²) in [4.78, 5) is 7.55. The molecule has 0 atom stereocenters. The van der Waals surface area contributed by atoms with Crippen LogP contribution in [0, 0.1) is 6.92 Å². The van der Waals surface area contributed by atoms with Gasteiger partial charge in [0.1, 0.15) is 0 Å². The first-order valence-electron chi connectivity index (χ1n) is 4.99. The van der Waals surface area contributed by atoms with Crippen molar-refractivity contribution >= 4 is 39.1 Å². The minimum atomic E-state index is 0.653. The van der Waals surface area contributed by atoms with Crippen LogP contribution in [0.5, 0.6) is 0 Å². The topological polar surface area (TPSA) is 54.7 Å². The molecule has 0 bridgehead atoms. The molecule has 0 spiro atoms. The number of rotatable bonds is 0. The monoisotopic (exact) mass is 231 g/mol. The van der Waals surface area contributed by atoms with Crippen LogP contribution in [0.15, 0.2) is 24.4 Å². The lowest BCUT2D eigenvalue weighted by molar-refractivity contribution is 1.22. The highest BCUT2D eigenvalue weighted by molar-refractivity contribution is 6.32. The van der Waals surface area contributed by atoms with Crippen LogP contribution in [0.4, 0.5) is 5.69 Å². The molecule has 0 amide bonds. The fourth-order valence-electron chi connectivity index (χ4n) is 2.05. The fourth-order valence-corrected chi connectivity index (χ4v) is 2.28. The number of fused-ring (bicyclic) bond motifs is 3. The summed E-state index contributed by atoms with van der Waals surface area (Å²) in [5.74, 6) is 0. The average Bonchev–Trinajstić information content (AvgIpc) is 2.59. The Morgan fingerprint density at radius 2 is 2.06 bits per heavy atom. The summed E-state index contributed by atoms with van der Waals surface area (Å²) in [6.45, 7) is 1.97. The van der Waals surface area contributed by atoms with Gasteiger partial charge in [0.2, 0.25) is 0 Å². The van der Waals surface area contributed by atoms with Gasteiger partial charge in [0.05, 0.1) is 22.4 Å². The molecule has 80 valence electrons. The van der Waals surface area contributed by atoms with E-state index in [9.17, 15) is 0 Å². The predicted octanol–water partition coefficient (Wildman–Crippen LogP) is 3.26. The fraction of sp³-hybridized carbons (Fsp3) is 0.0833. The maximum absolute atomic E-state index is 6.01. The Kier molecular flexibility index (Phi) is 1.85. The first-order chi connectivity index (χ1) is 7.66. The van der Waals surface area contributed by atoms with Gasteiger partial charge in [-0.25, -0.2) is 0 Å². The molecular weight excluding hydrogens is 222 g/mol. The molecule has 2 aromatic heterocycles. The molecule has 3 nitrogen and oxygen atoms in total. The first-order valence-corrected chi connectivity index (χ1v) is 5.36. The second kappa shape index (κ2) is 3.12. The minimum absolute atomic E-state index is 0.653. The van der Waals surface area contributed by atoms with Gasteiger partial charge in [0.25, 0.3) is 0 Å². The standard InChI is InChI=1S/C12H10ClN3/c1-6-11-8(2-3-15-6)9-4-7(13)5-10(14)12(9)16-11/h2-5,16H,14H2,1H3. The van der Waals surface area contributed by atoms with E-state index in [1.807, 2.05) is 19.1 Å². The Balaban J connectivity index is 2.61. The van der Waals surface area contributed by atoms with Crippen LogP contribution in [0.1, 0.15) is 5.69 Å². The number of benzene rings is 1. The van der Waals surface area contributed by atoms with Gasteiger partial charge in [0, 0.05) is 22.0 Å². The van der Waals surface area contributed by atoms with Gasteiger partial charge in [-0.3, -0.25) is 4.98 Å². The van der Waals surface area contributed by atoms with Crippen molar-refractivity contribution in [1.29, 1.82) is 0 Å². The van der Waals surface area contributed by atoms with E-state index in [4.69, 9.17) is 17.3 Å². The first kappa shape index (κ1) is 9.48. The summed E-state index contributed by atoms with van der Waals surface area (Å²) < 4.78 is 0. The zero-order valence-corrected chi connectivity index (χ0v) is 9.47. The zero-order valence-electron chi connectivity index (χ0n) is 8.71. The minimum Gasteiger partial charge on any atom is -0.397 e. The average molecular weight is 232 g/mol. The number of nitrogens with zero attached hydrogens (tertiary/aromatic N) is 1. The lowest BCUT2D eigenvalue weighted by Crippen LogP contribution is -1.85.